The maximum atomic E-state index is 13.4. The van der Waals surface area contributed by atoms with E-state index in [2.05, 4.69) is 0 Å². The largest absolute Gasteiger partial charge is 0.454 e. The second-order valence-corrected chi connectivity index (χ2v) is 3.78. The summed E-state index contributed by atoms with van der Waals surface area (Å²) in [6.07, 6.45) is 0. The van der Waals surface area contributed by atoms with E-state index in [1.165, 1.54) is 24.3 Å². The Kier molecular flexibility index (Phi) is 4.76. The molecule has 18 heavy (non-hydrogen) atoms. The lowest BCUT2D eigenvalue weighted by Crippen LogP contribution is -1.91. The first-order valence-electron chi connectivity index (χ1n) is 4.74. The summed E-state index contributed by atoms with van der Waals surface area (Å²) >= 11 is 5.58. The first kappa shape index (κ1) is 14.5. The van der Waals surface area contributed by atoms with Crippen molar-refractivity contribution in [2.45, 2.75) is 0 Å². The van der Waals surface area contributed by atoms with Gasteiger partial charge in [-0.25, -0.2) is 8.78 Å². The van der Waals surface area contributed by atoms with Crippen LogP contribution in [0, 0.1) is 11.6 Å². The minimum Gasteiger partial charge on any atom is -0.454 e. The summed E-state index contributed by atoms with van der Waals surface area (Å²) in [5.41, 5.74) is 5.70. The smallest absolute Gasteiger partial charge is 0.167 e. The van der Waals surface area contributed by atoms with E-state index < -0.39 is 11.6 Å². The van der Waals surface area contributed by atoms with Gasteiger partial charge < -0.3 is 10.5 Å². The summed E-state index contributed by atoms with van der Waals surface area (Å²) in [7, 11) is 0. The molecule has 0 aromatic heterocycles. The molecule has 2 N–H and O–H groups in total. The van der Waals surface area contributed by atoms with E-state index in [1.54, 1.807) is 0 Å². The molecule has 0 atom stereocenters. The number of anilines is 1. The summed E-state index contributed by atoms with van der Waals surface area (Å²) in [6, 6.07) is 7.81. The predicted octanol–water partition coefficient (Wildman–Crippen LogP) is 4.41. The Hall–Kier alpha value is -1.52. The number of benzene rings is 2. The van der Waals surface area contributed by atoms with E-state index in [4.69, 9.17) is 22.1 Å². The molecule has 0 aliphatic carbocycles. The van der Waals surface area contributed by atoms with Crippen LogP contribution in [0.3, 0.4) is 0 Å². The molecule has 6 heteroatoms. The van der Waals surface area contributed by atoms with E-state index in [0.29, 0.717) is 5.69 Å². The number of hydrogen-bond acceptors (Lipinski definition) is 2. The van der Waals surface area contributed by atoms with E-state index in [-0.39, 0.29) is 28.9 Å². The van der Waals surface area contributed by atoms with E-state index >= 15 is 0 Å². The molecule has 0 radical (unpaired) electrons. The quantitative estimate of drug-likeness (QED) is 0.832. The minimum atomic E-state index is -0.592. The monoisotopic (exact) mass is 291 g/mol. The van der Waals surface area contributed by atoms with Crippen LogP contribution >= 0.6 is 24.0 Å². The summed E-state index contributed by atoms with van der Waals surface area (Å²) in [6.45, 7) is 0. The van der Waals surface area contributed by atoms with Gasteiger partial charge in [0.2, 0.25) is 0 Å². The van der Waals surface area contributed by atoms with Gasteiger partial charge in [0.15, 0.2) is 11.6 Å². The molecule has 0 heterocycles. The van der Waals surface area contributed by atoms with E-state index in [9.17, 15) is 8.78 Å². The van der Waals surface area contributed by atoms with E-state index in [1.807, 2.05) is 0 Å². The molecule has 0 saturated heterocycles. The predicted molar refractivity (Wildman–Crippen MR) is 69.5 cm³/mol. The van der Waals surface area contributed by atoms with Crippen molar-refractivity contribution in [3.8, 4) is 11.5 Å². The second-order valence-electron chi connectivity index (χ2n) is 3.37. The fraction of sp³-hybridized carbons (Fsp3) is 0. The highest BCUT2D eigenvalue weighted by Crippen LogP contribution is 2.28. The first-order chi connectivity index (χ1) is 8.06. The van der Waals surface area contributed by atoms with Crippen molar-refractivity contribution < 1.29 is 13.5 Å². The third-order valence-electron chi connectivity index (χ3n) is 2.07. The van der Waals surface area contributed by atoms with Crippen LogP contribution in [-0.4, -0.2) is 0 Å². The fourth-order valence-electron chi connectivity index (χ4n) is 1.27. The van der Waals surface area contributed by atoms with Gasteiger partial charge in [-0.05, 0) is 24.3 Å². The van der Waals surface area contributed by atoms with Gasteiger partial charge in [-0.15, -0.1) is 12.4 Å². The van der Waals surface area contributed by atoms with Crippen molar-refractivity contribution in [1.29, 1.82) is 0 Å². The topological polar surface area (TPSA) is 35.2 Å². The molecular weight excluding hydrogens is 283 g/mol. The van der Waals surface area contributed by atoms with Gasteiger partial charge in [0.05, 0.1) is 5.02 Å². The number of halogens is 4. The Morgan fingerprint density at radius 2 is 1.72 bits per heavy atom. The van der Waals surface area contributed by atoms with Crippen molar-refractivity contribution in [2.75, 3.05) is 5.73 Å². The van der Waals surface area contributed by atoms with Gasteiger partial charge in [-0.3, -0.25) is 0 Å². The van der Waals surface area contributed by atoms with Crippen LogP contribution in [0.5, 0.6) is 11.5 Å². The van der Waals surface area contributed by atoms with Crippen LogP contribution in [0.1, 0.15) is 0 Å². The SMILES string of the molecule is Cl.Nc1ccc(Oc2ccc(F)c(Cl)c2)c(F)c1. The molecule has 2 rings (SSSR count). The van der Waals surface area contributed by atoms with Crippen molar-refractivity contribution >= 4 is 29.7 Å². The Labute approximate surface area is 114 Å². The maximum absolute atomic E-state index is 13.4. The Morgan fingerprint density at radius 1 is 1.00 bits per heavy atom. The van der Waals surface area contributed by atoms with Crippen LogP contribution in [0.15, 0.2) is 36.4 Å². The Balaban J connectivity index is 0.00000162. The van der Waals surface area contributed by atoms with Crippen molar-refractivity contribution in [3.63, 3.8) is 0 Å². The number of rotatable bonds is 2. The highest BCUT2D eigenvalue weighted by molar-refractivity contribution is 6.30. The summed E-state index contributed by atoms with van der Waals surface area (Å²) < 4.78 is 31.5. The average molecular weight is 292 g/mol. The van der Waals surface area contributed by atoms with Gasteiger partial charge in [0.1, 0.15) is 11.6 Å². The normalized spacial score (nSPS) is 9.72. The van der Waals surface area contributed by atoms with Crippen molar-refractivity contribution in [1.82, 2.24) is 0 Å². The number of nitrogens with two attached hydrogens (primary N) is 1. The molecule has 0 amide bonds. The van der Waals surface area contributed by atoms with Crippen LogP contribution < -0.4 is 10.5 Å². The lowest BCUT2D eigenvalue weighted by Gasteiger charge is -2.07. The summed E-state index contributed by atoms with van der Waals surface area (Å²) in [5.74, 6) is -0.899. The van der Waals surface area contributed by atoms with Crippen LogP contribution in [0.25, 0.3) is 0 Å². The molecule has 0 fully saturated rings. The zero-order valence-electron chi connectivity index (χ0n) is 8.99. The molecule has 2 aromatic rings. The maximum Gasteiger partial charge on any atom is 0.167 e. The molecular formula is C12H9Cl2F2NO. The molecule has 2 nitrogen and oxygen atoms in total. The highest BCUT2D eigenvalue weighted by Gasteiger charge is 2.07. The third kappa shape index (κ3) is 3.24. The van der Waals surface area contributed by atoms with Gasteiger partial charge >= 0.3 is 0 Å². The number of hydrogen-bond donors (Lipinski definition) is 1. The molecule has 0 aliphatic heterocycles. The molecule has 0 aliphatic rings. The molecule has 0 bridgehead atoms. The van der Waals surface area contributed by atoms with Crippen LogP contribution in [0.2, 0.25) is 5.02 Å². The van der Waals surface area contributed by atoms with Crippen LogP contribution in [0.4, 0.5) is 14.5 Å². The number of nitrogen functional groups attached to an aromatic ring is 1. The van der Waals surface area contributed by atoms with Gasteiger partial charge in [0.25, 0.3) is 0 Å². The van der Waals surface area contributed by atoms with E-state index in [0.717, 1.165) is 12.1 Å². The minimum absolute atomic E-state index is 0. The Morgan fingerprint density at radius 3 is 2.33 bits per heavy atom. The van der Waals surface area contributed by atoms with Crippen molar-refractivity contribution in [3.05, 3.63) is 53.1 Å². The summed E-state index contributed by atoms with van der Waals surface area (Å²) in [5, 5.41) is -0.0849. The second kappa shape index (κ2) is 5.89. The lowest BCUT2D eigenvalue weighted by atomic mass is 10.3. The molecule has 96 valence electrons. The molecule has 0 unspecified atom stereocenters. The first-order valence-corrected chi connectivity index (χ1v) is 5.12. The van der Waals surface area contributed by atoms with Gasteiger partial charge in [-0.1, -0.05) is 11.6 Å². The lowest BCUT2D eigenvalue weighted by molar-refractivity contribution is 0.441. The molecule has 2 aromatic carbocycles. The van der Waals surface area contributed by atoms with Crippen LogP contribution in [-0.2, 0) is 0 Å². The van der Waals surface area contributed by atoms with Gasteiger partial charge in [0, 0.05) is 17.8 Å². The fourth-order valence-corrected chi connectivity index (χ4v) is 1.44. The zero-order chi connectivity index (χ0) is 12.4. The summed E-state index contributed by atoms with van der Waals surface area (Å²) in [4.78, 5) is 0. The van der Waals surface area contributed by atoms with Crippen molar-refractivity contribution in [2.24, 2.45) is 0 Å². The molecule has 0 saturated carbocycles. The Bertz CT molecular complexity index is 564. The molecule has 0 spiro atoms. The van der Waals surface area contributed by atoms with Gasteiger partial charge in [-0.2, -0.15) is 0 Å². The standard InChI is InChI=1S/C12H8ClF2NO.ClH/c13-9-6-8(2-3-10(9)14)17-12-4-1-7(16)5-11(12)15;/h1-6H,16H2;1H. The number of ether oxygens (including phenoxy) is 1. The third-order valence-corrected chi connectivity index (χ3v) is 2.36. The zero-order valence-corrected chi connectivity index (χ0v) is 10.6. The highest BCUT2D eigenvalue weighted by atomic mass is 35.5. The average Bonchev–Trinajstić information content (AvgIpc) is 2.27.